The molecule has 9 heteroatoms. The summed E-state index contributed by atoms with van der Waals surface area (Å²) in [6.07, 6.45) is 3.43. The lowest BCUT2D eigenvalue weighted by atomic mass is 9.78. The number of hydrogen-bond acceptors (Lipinski definition) is 7. The van der Waals surface area contributed by atoms with Gasteiger partial charge in [0.25, 0.3) is 5.82 Å². The van der Waals surface area contributed by atoms with Gasteiger partial charge in [0.2, 0.25) is 5.91 Å². The molecule has 0 spiro atoms. The van der Waals surface area contributed by atoms with E-state index in [0.29, 0.717) is 56.8 Å². The number of ketones is 2. The lowest BCUT2D eigenvalue weighted by Gasteiger charge is -2.40. The number of fused-ring (bicyclic) bond motifs is 2. The molecule has 7 rings (SSSR count). The molecule has 3 aliphatic rings. The lowest BCUT2D eigenvalue weighted by molar-refractivity contribution is -0.553. The molecule has 3 heterocycles. The maximum Gasteiger partial charge on any atom is 0.282 e. The van der Waals surface area contributed by atoms with Gasteiger partial charge in [-0.15, -0.1) is 0 Å². The Hall–Kier alpha value is -4.89. The van der Waals surface area contributed by atoms with Crippen molar-refractivity contribution in [3.63, 3.8) is 0 Å². The van der Waals surface area contributed by atoms with E-state index in [1.807, 2.05) is 29.7 Å². The normalized spacial score (nSPS) is 20.1. The minimum absolute atomic E-state index is 0.0438. The number of benzene rings is 3. The smallest absolute Gasteiger partial charge is 0.282 e. The standard InChI is InChI=1S/C42H46N5O3S/c1-28-29(2)42(50)40(30(3)41(28)49)46-24-22-45(23-25-46)38(48)20-13-21-43(4)37-26-31(27-39-44(5)35-18-11-12-19-36(35)51-39)33-16-9-10-17-34(33)47(37)32-14-7-6-8-15-32/h6-12,14-19,26-29H,13,20-25H2,1-5H3/q+1. The zero-order valence-corrected chi connectivity index (χ0v) is 31.0. The second-order valence-electron chi connectivity index (χ2n) is 13.9. The average Bonchev–Trinajstić information content (AvgIpc) is 3.47. The number of Topliss-reactive ketones (excluding diaryl/α,β-unsaturated/α-hetero) is 2. The van der Waals surface area contributed by atoms with Gasteiger partial charge < -0.3 is 14.7 Å². The molecule has 51 heavy (non-hydrogen) atoms. The van der Waals surface area contributed by atoms with Crippen LogP contribution < -0.4 is 14.4 Å². The molecule has 1 amide bonds. The highest BCUT2D eigenvalue weighted by Crippen LogP contribution is 2.46. The first-order valence-corrected chi connectivity index (χ1v) is 18.7. The fraction of sp³-hybridized carbons (Fsp3) is 0.333. The molecule has 1 aromatic heterocycles. The van der Waals surface area contributed by atoms with Crippen LogP contribution in [0.1, 0.15) is 39.2 Å². The van der Waals surface area contributed by atoms with Gasteiger partial charge in [0.1, 0.15) is 11.2 Å². The molecule has 8 nitrogen and oxygen atoms in total. The first-order chi connectivity index (χ1) is 24.6. The van der Waals surface area contributed by atoms with Crippen LogP contribution in [0, 0.1) is 11.8 Å². The van der Waals surface area contributed by atoms with Gasteiger partial charge >= 0.3 is 0 Å². The molecular weight excluding hydrogens is 655 g/mol. The molecule has 3 aromatic carbocycles. The van der Waals surface area contributed by atoms with Gasteiger partial charge in [-0.2, -0.15) is 4.57 Å². The van der Waals surface area contributed by atoms with Crippen LogP contribution in [0.25, 0.3) is 22.7 Å². The Morgan fingerprint density at radius 1 is 0.902 bits per heavy atom. The zero-order valence-electron chi connectivity index (χ0n) is 30.1. The molecule has 0 saturated carbocycles. The number of hydrogen-bond donors (Lipinski definition) is 0. The number of thioether (sulfide) groups is 1. The summed E-state index contributed by atoms with van der Waals surface area (Å²) in [5, 5.41) is 2.34. The molecule has 2 aliphatic heterocycles. The number of nitrogens with zero attached hydrogens (tertiary/aromatic N) is 5. The third-order valence-corrected chi connectivity index (χ3v) is 12.0. The second-order valence-corrected chi connectivity index (χ2v) is 15.0. The van der Waals surface area contributed by atoms with Gasteiger partial charge in [-0.25, -0.2) is 0 Å². The van der Waals surface area contributed by atoms with Crippen LogP contribution in [0.15, 0.2) is 106 Å². The largest absolute Gasteiger partial charge is 0.365 e. The van der Waals surface area contributed by atoms with E-state index in [1.54, 1.807) is 18.7 Å². The summed E-state index contributed by atoms with van der Waals surface area (Å²) in [4.78, 5) is 49.1. The van der Waals surface area contributed by atoms with Crippen molar-refractivity contribution in [3.05, 3.63) is 107 Å². The molecule has 4 aromatic rings. The van der Waals surface area contributed by atoms with Gasteiger partial charge in [-0.05, 0) is 55.3 Å². The van der Waals surface area contributed by atoms with Gasteiger partial charge in [0.15, 0.2) is 11.6 Å². The summed E-state index contributed by atoms with van der Waals surface area (Å²) in [6.45, 7) is 8.36. The van der Waals surface area contributed by atoms with Crippen molar-refractivity contribution in [2.24, 2.45) is 11.8 Å². The van der Waals surface area contributed by atoms with Crippen molar-refractivity contribution in [2.45, 2.75) is 38.5 Å². The zero-order chi connectivity index (χ0) is 35.8. The first kappa shape index (κ1) is 34.6. The monoisotopic (exact) mass is 700 g/mol. The Kier molecular flexibility index (Phi) is 9.75. The molecular formula is C42H46N5O3S+. The van der Waals surface area contributed by atoms with Crippen LogP contribution in [0.2, 0.25) is 0 Å². The molecule has 0 bridgehead atoms. The number of pyridine rings is 1. The fourth-order valence-electron chi connectivity index (χ4n) is 7.57. The third kappa shape index (κ3) is 6.55. The number of para-hydroxylation sites is 3. The Morgan fingerprint density at radius 3 is 2.31 bits per heavy atom. The SMILES string of the molecule is CC1=C(N2CCN(C(=O)CCCN(C)c3cc(/C=C4\Sc5ccccc5N4C)c4ccccc4[n+]3-c3ccccc3)CC2)C(=O)C(C)C(C)C1=O. The molecule has 0 radical (unpaired) electrons. The summed E-state index contributed by atoms with van der Waals surface area (Å²) in [5.74, 6) is 0.677. The van der Waals surface area contributed by atoms with Crippen molar-refractivity contribution in [1.29, 1.82) is 0 Å². The van der Waals surface area contributed by atoms with E-state index in [-0.39, 0.29) is 29.3 Å². The number of piperazine rings is 1. The van der Waals surface area contributed by atoms with Gasteiger partial charge in [0, 0.05) is 73.4 Å². The maximum atomic E-state index is 13.4. The number of rotatable bonds is 8. The second kappa shape index (κ2) is 14.4. The summed E-state index contributed by atoms with van der Waals surface area (Å²) in [6, 6.07) is 29.8. The lowest BCUT2D eigenvalue weighted by Crippen LogP contribution is -2.51. The number of allylic oxidation sites excluding steroid dienone is 2. The van der Waals surface area contributed by atoms with E-state index in [9.17, 15) is 14.4 Å². The minimum Gasteiger partial charge on any atom is -0.365 e. The molecule has 1 saturated heterocycles. The van der Waals surface area contributed by atoms with E-state index in [4.69, 9.17) is 0 Å². The van der Waals surface area contributed by atoms with Crippen molar-refractivity contribution in [2.75, 3.05) is 56.6 Å². The van der Waals surface area contributed by atoms with E-state index in [2.05, 4.69) is 113 Å². The Morgan fingerprint density at radius 2 is 1.57 bits per heavy atom. The van der Waals surface area contributed by atoms with Crippen LogP contribution >= 0.6 is 11.8 Å². The summed E-state index contributed by atoms with van der Waals surface area (Å²) < 4.78 is 2.31. The van der Waals surface area contributed by atoms with Gasteiger partial charge in [-0.1, -0.05) is 74.1 Å². The van der Waals surface area contributed by atoms with Crippen molar-refractivity contribution in [3.8, 4) is 5.69 Å². The van der Waals surface area contributed by atoms with Crippen LogP contribution in [0.5, 0.6) is 0 Å². The van der Waals surface area contributed by atoms with Crippen LogP contribution in [0.3, 0.4) is 0 Å². The summed E-state index contributed by atoms with van der Waals surface area (Å²) in [5.41, 5.74) is 5.67. The topological polar surface area (TPSA) is 68.1 Å². The molecule has 2 atom stereocenters. The number of amides is 1. The number of carbonyl (C=O) groups excluding carboxylic acids is 3. The number of aromatic nitrogens is 1. The third-order valence-electron chi connectivity index (χ3n) is 10.8. The van der Waals surface area contributed by atoms with E-state index < -0.39 is 0 Å². The number of carbonyl (C=O) groups is 3. The molecule has 2 unspecified atom stereocenters. The maximum absolute atomic E-state index is 13.4. The van der Waals surface area contributed by atoms with E-state index in [1.165, 1.54) is 21.0 Å². The van der Waals surface area contributed by atoms with Gasteiger partial charge in [-0.3, -0.25) is 19.3 Å². The summed E-state index contributed by atoms with van der Waals surface area (Å²) in [7, 11) is 4.23. The predicted molar refractivity (Wildman–Crippen MR) is 206 cm³/mol. The van der Waals surface area contributed by atoms with Crippen molar-refractivity contribution in [1.82, 2.24) is 9.80 Å². The Bertz CT molecular complexity index is 2070. The molecule has 262 valence electrons. The fourth-order valence-corrected chi connectivity index (χ4v) is 8.67. The predicted octanol–water partition coefficient (Wildman–Crippen LogP) is 6.72. The van der Waals surface area contributed by atoms with Crippen LogP contribution in [-0.4, -0.2) is 74.1 Å². The first-order valence-electron chi connectivity index (χ1n) is 17.9. The van der Waals surface area contributed by atoms with E-state index >= 15 is 0 Å². The highest BCUT2D eigenvalue weighted by Gasteiger charge is 2.39. The Balaban J connectivity index is 1.09. The van der Waals surface area contributed by atoms with E-state index in [0.717, 1.165) is 22.6 Å². The van der Waals surface area contributed by atoms with Gasteiger partial charge in [0.05, 0.1) is 30.0 Å². The van der Waals surface area contributed by atoms with Crippen LogP contribution in [-0.2, 0) is 14.4 Å². The van der Waals surface area contributed by atoms with Crippen LogP contribution in [0.4, 0.5) is 11.5 Å². The van der Waals surface area contributed by atoms with Crippen molar-refractivity contribution < 1.29 is 19.0 Å². The summed E-state index contributed by atoms with van der Waals surface area (Å²) >= 11 is 1.79. The molecule has 0 N–H and O–H groups in total. The number of anilines is 2. The quantitative estimate of drug-likeness (QED) is 0.189. The Labute approximate surface area is 305 Å². The average molecular weight is 701 g/mol. The molecule has 1 aliphatic carbocycles. The van der Waals surface area contributed by atoms with Crippen molar-refractivity contribution >= 4 is 57.7 Å². The minimum atomic E-state index is -0.316. The molecule has 1 fully saturated rings. The highest BCUT2D eigenvalue weighted by atomic mass is 32.2. The highest BCUT2D eigenvalue weighted by molar-refractivity contribution is 8.03.